The van der Waals surface area contributed by atoms with Crippen molar-refractivity contribution in [1.82, 2.24) is 9.80 Å². The van der Waals surface area contributed by atoms with Gasteiger partial charge in [-0.05, 0) is 130 Å². The number of nitrogens with zero attached hydrogens (tertiary/aromatic N) is 2. The van der Waals surface area contributed by atoms with Gasteiger partial charge >= 0.3 is 0 Å². The summed E-state index contributed by atoms with van der Waals surface area (Å²) < 4.78 is 0. The maximum atomic E-state index is 3.43. The Bertz CT molecular complexity index is 1080. The van der Waals surface area contributed by atoms with Crippen molar-refractivity contribution in [3.05, 3.63) is 0 Å². The molecule has 0 aromatic carbocycles. The second-order valence-corrected chi connectivity index (χ2v) is 20.7. The number of hydrogen-bond donors (Lipinski definition) is 0. The van der Waals surface area contributed by atoms with Crippen molar-refractivity contribution in [2.24, 2.45) is 59.2 Å². The molecule has 0 bridgehead atoms. The van der Waals surface area contributed by atoms with Crippen LogP contribution in [0.3, 0.4) is 0 Å². The molecule has 8 aliphatic carbocycles. The van der Waals surface area contributed by atoms with Crippen molar-refractivity contribution >= 4 is 0 Å². The van der Waals surface area contributed by atoms with Crippen LogP contribution in [0.4, 0.5) is 0 Å². The Morgan fingerprint density at radius 2 is 0.688 bits per heavy atom. The fourth-order valence-corrected chi connectivity index (χ4v) is 17.4. The summed E-state index contributed by atoms with van der Waals surface area (Å²) in [7, 11) is 0. The van der Waals surface area contributed by atoms with Crippen molar-refractivity contribution < 1.29 is 0 Å². The summed E-state index contributed by atoms with van der Waals surface area (Å²) in [5, 5.41) is 0. The lowest BCUT2D eigenvalue weighted by Crippen LogP contribution is -2.55. The molecule has 0 spiro atoms. The second kappa shape index (κ2) is 14.0. The van der Waals surface area contributed by atoms with Crippen LogP contribution in [0, 0.1) is 59.2 Å². The topological polar surface area (TPSA) is 6.48 Å². The molecule has 2 heteroatoms. The van der Waals surface area contributed by atoms with Crippen LogP contribution < -0.4 is 0 Å². The van der Waals surface area contributed by atoms with Gasteiger partial charge < -0.3 is 0 Å². The van der Waals surface area contributed by atoms with Crippen molar-refractivity contribution in [3.63, 3.8) is 0 Å². The molecule has 2 heterocycles. The summed E-state index contributed by atoms with van der Waals surface area (Å²) in [6.45, 7) is 0. The third-order valence-electron chi connectivity index (χ3n) is 18.9. The van der Waals surface area contributed by atoms with Gasteiger partial charge in [-0.25, -0.2) is 0 Å². The first-order chi connectivity index (χ1) is 23.8. The molecule has 0 N–H and O–H groups in total. The predicted octanol–water partition coefficient (Wildman–Crippen LogP) is 11.8. The summed E-state index contributed by atoms with van der Waals surface area (Å²) in [5.74, 6) is 10.7. The first-order valence-electron chi connectivity index (χ1n) is 23.4. The quantitative estimate of drug-likeness (QED) is 0.297. The summed E-state index contributed by atoms with van der Waals surface area (Å²) in [4.78, 5) is 6.85. The van der Waals surface area contributed by atoms with E-state index in [-0.39, 0.29) is 0 Å². The van der Waals surface area contributed by atoms with Gasteiger partial charge in [0.15, 0.2) is 0 Å². The van der Waals surface area contributed by atoms with E-state index in [0.717, 1.165) is 95.4 Å². The standard InChI is InChI=1S/C46H76N2/c1-2-13-31(14-3-1)33-17-10-18-34(29-33)35-19-11-20-36(30-35)47-41-24-8-6-22-38(41)45-43(47)27-28-44-46(45)39-23-7-9-25-42(39)48(44)40-26-12-16-32-15-4-5-21-37(32)40/h31-46H,1-30H2. The molecular formula is C46H76N2. The van der Waals surface area contributed by atoms with Gasteiger partial charge in [0, 0.05) is 36.3 Å². The highest BCUT2D eigenvalue weighted by Gasteiger charge is 2.64. The zero-order valence-electron chi connectivity index (χ0n) is 31.3. The largest absolute Gasteiger partial charge is 0.294 e. The molecule has 2 saturated heterocycles. The van der Waals surface area contributed by atoms with Crippen molar-refractivity contribution in [2.75, 3.05) is 0 Å². The van der Waals surface area contributed by atoms with E-state index in [9.17, 15) is 0 Å². The Hall–Kier alpha value is -0.0800. The van der Waals surface area contributed by atoms with Crippen LogP contribution >= 0.6 is 0 Å². The summed E-state index contributed by atoms with van der Waals surface area (Å²) in [5.41, 5.74) is 0. The zero-order chi connectivity index (χ0) is 31.6. The van der Waals surface area contributed by atoms with Crippen LogP contribution in [0.25, 0.3) is 0 Å². The number of fused-ring (bicyclic) bond motifs is 8. The molecule has 2 nitrogen and oxygen atoms in total. The van der Waals surface area contributed by atoms with Gasteiger partial charge in [-0.15, -0.1) is 0 Å². The fraction of sp³-hybridized carbons (Fsp3) is 1.00. The molecule has 0 amide bonds. The fourth-order valence-electron chi connectivity index (χ4n) is 17.4. The van der Waals surface area contributed by atoms with Crippen molar-refractivity contribution in [3.8, 4) is 0 Å². The van der Waals surface area contributed by atoms with E-state index in [0.29, 0.717) is 0 Å². The Kier molecular flexibility index (Phi) is 9.53. The monoisotopic (exact) mass is 657 g/mol. The first kappa shape index (κ1) is 32.6. The van der Waals surface area contributed by atoms with E-state index in [2.05, 4.69) is 9.80 Å². The molecule has 2 aliphatic heterocycles. The molecule has 15 unspecified atom stereocenters. The minimum atomic E-state index is 0.942. The molecule has 10 fully saturated rings. The molecule has 8 saturated carbocycles. The van der Waals surface area contributed by atoms with Crippen LogP contribution in [0.5, 0.6) is 0 Å². The summed E-state index contributed by atoms with van der Waals surface area (Å²) >= 11 is 0. The normalized spacial score (nSPS) is 52.1. The second-order valence-electron chi connectivity index (χ2n) is 20.7. The Balaban J connectivity index is 0.904. The molecule has 15 atom stereocenters. The Morgan fingerprint density at radius 1 is 0.250 bits per heavy atom. The number of rotatable bonds is 4. The molecule has 0 aromatic rings. The van der Waals surface area contributed by atoms with Gasteiger partial charge in [0.2, 0.25) is 0 Å². The summed E-state index contributed by atoms with van der Waals surface area (Å²) in [6.07, 6.45) is 47.0. The van der Waals surface area contributed by atoms with Gasteiger partial charge in [-0.2, -0.15) is 0 Å². The lowest BCUT2D eigenvalue weighted by Gasteiger charge is -2.51. The van der Waals surface area contributed by atoms with Gasteiger partial charge in [-0.3, -0.25) is 9.80 Å². The van der Waals surface area contributed by atoms with E-state index in [4.69, 9.17) is 0 Å². The van der Waals surface area contributed by atoms with Gasteiger partial charge in [0.25, 0.3) is 0 Å². The molecule has 10 aliphatic rings. The molecule has 48 heavy (non-hydrogen) atoms. The SMILES string of the molecule is C1CCC(C2CCCC(C3CCCC(N4C5CCCCC5C5C6C7CCCCC7N(C7CCCC8CCCCC87)C6CCC54)C3)C2)CC1. The van der Waals surface area contributed by atoms with Gasteiger partial charge in [0.1, 0.15) is 0 Å². The lowest BCUT2D eigenvalue weighted by atomic mass is 9.61. The maximum Gasteiger partial charge on any atom is 0.0137 e. The van der Waals surface area contributed by atoms with Crippen LogP contribution in [0.1, 0.15) is 193 Å². The molecule has 270 valence electrons. The Morgan fingerprint density at radius 3 is 1.44 bits per heavy atom. The third-order valence-corrected chi connectivity index (χ3v) is 18.9. The van der Waals surface area contributed by atoms with Crippen molar-refractivity contribution in [2.45, 2.75) is 229 Å². The van der Waals surface area contributed by atoms with E-state index < -0.39 is 0 Å². The van der Waals surface area contributed by atoms with Crippen molar-refractivity contribution in [1.29, 1.82) is 0 Å². The minimum Gasteiger partial charge on any atom is -0.294 e. The molecule has 0 radical (unpaired) electrons. The van der Waals surface area contributed by atoms with Crippen LogP contribution in [0.15, 0.2) is 0 Å². The van der Waals surface area contributed by atoms with E-state index >= 15 is 0 Å². The average Bonchev–Trinajstić information content (AvgIpc) is 3.68. The highest BCUT2D eigenvalue weighted by molar-refractivity contribution is 5.16. The highest BCUT2D eigenvalue weighted by Crippen LogP contribution is 2.62. The third kappa shape index (κ3) is 5.66. The molecule has 0 aromatic heterocycles. The number of hydrogen-bond acceptors (Lipinski definition) is 2. The average molecular weight is 657 g/mol. The Labute approximate surface area is 297 Å². The van der Waals surface area contributed by atoms with Crippen LogP contribution in [0.2, 0.25) is 0 Å². The van der Waals surface area contributed by atoms with Gasteiger partial charge in [0.05, 0.1) is 0 Å². The van der Waals surface area contributed by atoms with E-state index in [1.165, 1.54) is 19.3 Å². The molecule has 10 rings (SSSR count). The highest BCUT2D eigenvalue weighted by atomic mass is 15.3. The van der Waals surface area contributed by atoms with Crippen LogP contribution in [-0.2, 0) is 0 Å². The smallest absolute Gasteiger partial charge is 0.0137 e. The van der Waals surface area contributed by atoms with E-state index in [1.54, 1.807) is 173 Å². The van der Waals surface area contributed by atoms with Crippen LogP contribution in [-0.4, -0.2) is 46.1 Å². The van der Waals surface area contributed by atoms with Gasteiger partial charge in [-0.1, -0.05) is 122 Å². The van der Waals surface area contributed by atoms with E-state index in [1.807, 2.05) is 0 Å². The predicted molar refractivity (Wildman–Crippen MR) is 200 cm³/mol. The number of likely N-dealkylation sites (tertiary alicyclic amines) is 2. The summed E-state index contributed by atoms with van der Waals surface area (Å²) in [6, 6.07) is 5.76. The maximum absolute atomic E-state index is 3.43. The minimum absolute atomic E-state index is 0.942. The lowest BCUT2D eigenvalue weighted by molar-refractivity contribution is -0.0208. The molecular weight excluding hydrogens is 581 g/mol. The zero-order valence-corrected chi connectivity index (χ0v) is 31.3. The first-order valence-corrected chi connectivity index (χ1v) is 23.4.